The fourth-order valence-corrected chi connectivity index (χ4v) is 3.83. The van der Waals surface area contributed by atoms with Crippen LogP contribution in [0.15, 0.2) is 4.47 Å². The molecule has 0 atom stereocenters. The SMILES string of the molecule is Cc1nn(C)c(CN2CCCS2(=O)=O)c1Br. The van der Waals surface area contributed by atoms with E-state index in [0.717, 1.165) is 22.3 Å². The number of rotatable bonds is 2. The summed E-state index contributed by atoms with van der Waals surface area (Å²) in [6.07, 6.45) is 0.719. The highest BCUT2D eigenvalue weighted by Crippen LogP contribution is 2.24. The summed E-state index contributed by atoms with van der Waals surface area (Å²) in [7, 11) is -1.21. The van der Waals surface area contributed by atoms with Gasteiger partial charge in [-0.25, -0.2) is 8.42 Å². The van der Waals surface area contributed by atoms with Gasteiger partial charge < -0.3 is 0 Å². The normalized spacial score (nSPS) is 20.4. The highest BCUT2D eigenvalue weighted by Gasteiger charge is 2.29. The average Bonchev–Trinajstić information content (AvgIpc) is 2.62. The minimum absolute atomic E-state index is 0.265. The Labute approximate surface area is 104 Å². The monoisotopic (exact) mass is 307 g/mol. The van der Waals surface area contributed by atoms with Gasteiger partial charge in [-0.15, -0.1) is 0 Å². The van der Waals surface area contributed by atoms with Crippen molar-refractivity contribution in [2.24, 2.45) is 7.05 Å². The van der Waals surface area contributed by atoms with Crippen LogP contribution in [0.4, 0.5) is 0 Å². The van der Waals surface area contributed by atoms with Crippen molar-refractivity contribution < 1.29 is 8.42 Å². The first-order valence-corrected chi connectivity index (χ1v) is 7.48. The van der Waals surface area contributed by atoms with E-state index in [1.54, 1.807) is 4.68 Å². The molecule has 1 aliphatic rings. The molecule has 0 spiro atoms. The third kappa shape index (κ3) is 2.03. The maximum Gasteiger partial charge on any atom is 0.214 e. The molecule has 90 valence electrons. The first-order chi connectivity index (χ1) is 7.42. The Balaban J connectivity index is 2.28. The third-order valence-corrected chi connectivity index (χ3v) is 5.73. The van der Waals surface area contributed by atoms with Crippen LogP contribution in [0.5, 0.6) is 0 Å². The van der Waals surface area contributed by atoms with E-state index < -0.39 is 10.0 Å². The van der Waals surface area contributed by atoms with E-state index in [2.05, 4.69) is 21.0 Å². The van der Waals surface area contributed by atoms with E-state index in [1.165, 1.54) is 4.31 Å². The quantitative estimate of drug-likeness (QED) is 0.820. The average molecular weight is 308 g/mol. The van der Waals surface area contributed by atoms with E-state index >= 15 is 0 Å². The fraction of sp³-hybridized carbons (Fsp3) is 0.667. The number of hydrogen-bond donors (Lipinski definition) is 0. The van der Waals surface area contributed by atoms with Crippen molar-refractivity contribution in [3.05, 3.63) is 15.9 Å². The van der Waals surface area contributed by atoms with Crippen LogP contribution in [0.25, 0.3) is 0 Å². The van der Waals surface area contributed by atoms with Crippen molar-refractivity contribution in [3.8, 4) is 0 Å². The summed E-state index contributed by atoms with van der Waals surface area (Å²) in [5.74, 6) is 0.265. The van der Waals surface area contributed by atoms with Crippen LogP contribution in [0.1, 0.15) is 17.8 Å². The van der Waals surface area contributed by atoms with Gasteiger partial charge >= 0.3 is 0 Å². The predicted octanol–water partition coefficient (Wildman–Crippen LogP) is 1.03. The van der Waals surface area contributed by atoms with Crippen molar-refractivity contribution >= 4 is 26.0 Å². The molecular formula is C9H14BrN3O2S. The lowest BCUT2D eigenvalue weighted by Gasteiger charge is -2.14. The molecular weight excluding hydrogens is 294 g/mol. The number of sulfonamides is 1. The molecule has 5 nitrogen and oxygen atoms in total. The zero-order chi connectivity index (χ0) is 11.9. The number of nitrogens with zero attached hydrogens (tertiary/aromatic N) is 3. The molecule has 0 amide bonds. The Morgan fingerprint density at radius 1 is 1.50 bits per heavy atom. The second kappa shape index (κ2) is 4.12. The molecule has 0 aliphatic carbocycles. The van der Waals surface area contributed by atoms with Crippen LogP contribution in [-0.2, 0) is 23.6 Å². The molecule has 1 fully saturated rings. The molecule has 1 saturated heterocycles. The Morgan fingerprint density at radius 2 is 2.19 bits per heavy atom. The van der Waals surface area contributed by atoms with Crippen LogP contribution in [0, 0.1) is 6.92 Å². The van der Waals surface area contributed by atoms with Gasteiger partial charge in [-0.2, -0.15) is 9.40 Å². The zero-order valence-corrected chi connectivity index (χ0v) is 11.7. The summed E-state index contributed by atoms with van der Waals surface area (Å²) < 4.78 is 27.5. The summed E-state index contributed by atoms with van der Waals surface area (Å²) in [5.41, 5.74) is 1.79. The predicted molar refractivity (Wildman–Crippen MR) is 64.5 cm³/mol. The number of aryl methyl sites for hydroxylation is 2. The largest absolute Gasteiger partial charge is 0.270 e. The molecule has 0 saturated carbocycles. The first kappa shape index (κ1) is 12.1. The van der Waals surface area contributed by atoms with Crippen LogP contribution < -0.4 is 0 Å². The Morgan fingerprint density at radius 3 is 2.62 bits per heavy atom. The smallest absolute Gasteiger partial charge is 0.214 e. The van der Waals surface area contributed by atoms with Gasteiger partial charge in [-0.05, 0) is 29.3 Å². The number of halogens is 1. The third-order valence-electron chi connectivity index (χ3n) is 2.79. The second-order valence-corrected chi connectivity index (χ2v) is 6.85. The maximum atomic E-state index is 11.7. The Hall–Kier alpha value is -0.400. The molecule has 0 unspecified atom stereocenters. The van der Waals surface area contributed by atoms with Crippen LogP contribution in [-0.4, -0.2) is 34.8 Å². The number of aromatic nitrogens is 2. The lowest BCUT2D eigenvalue weighted by Crippen LogP contribution is -2.26. The van der Waals surface area contributed by atoms with Gasteiger partial charge in [0.25, 0.3) is 0 Å². The molecule has 1 aromatic rings. The highest BCUT2D eigenvalue weighted by molar-refractivity contribution is 9.10. The highest BCUT2D eigenvalue weighted by atomic mass is 79.9. The standard InChI is InChI=1S/C9H14BrN3O2S/c1-7-9(10)8(12(2)11-7)6-13-4-3-5-16(13,14)15/h3-6H2,1-2H3. The summed E-state index contributed by atoms with van der Waals surface area (Å²) >= 11 is 3.44. The van der Waals surface area contributed by atoms with Crippen molar-refractivity contribution in [3.63, 3.8) is 0 Å². The topological polar surface area (TPSA) is 55.2 Å². The van der Waals surface area contributed by atoms with E-state index in [9.17, 15) is 8.42 Å². The molecule has 2 heterocycles. The molecule has 16 heavy (non-hydrogen) atoms. The van der Waals surface area contributed by atoms with Crippen LogP contribution in [0.2, 0.25) is 0 Å². The van der Waals surface area contributed by atoms with Gasteiger partial charge in [0.1, 0.15) is 0 Å². The molecule has 0 aromatic carbocycles. The summed E-state index contributed by atoms with van der Waals surface area (Å²) in [6, 6.07) is 0. The van der Waals surface area contributed by atoms with Gasteiger partial charge in [-0.1, -0.05) is 0 Å². The molecule has 2 rings (SSSR count). The van der Waals surface area contributed by atoms with Gasteiger partial charge in [-0.3, -0.25) is 4.68 Å². The first-order valence-electron chi connectivity index (χ1n) is 5.07. The molecule has 0 bridgehead atoms. The van der Waals surface area contributed by atoms with E-state index in [-0.39, 0.29) is 5.75 Å². The van der Waals surface area contributed by atoms with Gasteiger partial charge in [0.2, 0.25) is 10.0 Å². The summed E-state index contributed by atoms with van der Waals surface area (Å²) in [5, 5.41) is 4.25. The Bertz CT molecular complexity index is 509. The number of hydrogen-bond acceptors (Lipinski definition) is 3. The van der Waals surface area contributed by atoms with E-state index in [1.807, 2.05) is 14.0 Å². The zero-order valence-electron chi connectivity index (χ0n) is 9.27. The van der Waals surface area contributed by atoms with Crippen molar-refractivity contribution in [1.82, 2.24) is 14.1 Å². The molecule has 1 aliphatic heterocycles. The van der Waals surface area contributed by atoms with Crippen LogP contribution >= 0.6 is 15.9 Å². The van der Waals surface area contributed by atoms with Crippen LogP contribution in [0.3, 0.4) is 0 Å². The molecule has 1 aromatic heterocycles. The van der Waals surface area contributed by atoms with Crippen molar-refractivity contribution in [2.75, 3.05) is 12.3 Å². The lowest BCUT2D eigenvalue weighted by atomic mass is 10.3. The fourth-order valence-electron chi connectivity index (χ4n) is 1.89. The Kier molecular flexibility index (Phi) is 3.11. The summed E-state index contributed by atoms with van der Waals surface area (Å²) in [6.45, 7) is 2.91. The van der Waals surface area contributed by atoms with Gasteiger partial charge in [0.15, 0.2) is 0 Å². The van der Waals surface area contributed by atoms with Gasteiger partial charge in [0, 0.05) is 13.6 Å². The molecule has 7 heteroatoms. The molecule has 0 radical (unpaired) electrons. The summed E-state index contributed by atoms with van der Waals surface area (Å²) in [4.78, 5) is 0. The van der Waals surface area contributed by atoms with Crippen molar-refractivity contribution in [1.29, 1.82) is 0 Å². The minimum atomic E-state index is -3.04. The second-order valence-electron chi connectivity index (χ2n) is 3.97. The lowest BCUT2D eigenvalue weighted by molar-refractivity contribution is 0.425. The van der Waals surface area contributed by atoms with Crippen molar-refractivity contribution in [2.45, 2.75) is 19.9 Å². The molecule has 0 N–H and O–H groups in total. The van der Waals surface area contributed by atoms with Gasteiger partial charge in [0.05, 0.1) is 28.2 Å². The van der Waals surface area contributed by atoms with E-state index in [4.69, 9.17) is 0 Å². The maximum absolute atomic E-state index is 11.7. The van der Waals surface area contributed by atoms with E-state index in [0.29, 0.717) is 13.1 Å². The minimum Gasteiger partial charge on any atom is -0.270 e.